The van der Waals surface area contributed by atoms with Gasteiger partial charge in [-0.05, 0) is 41.9 Å². The Morgan fingerprint density at radius 2 is 1.58 bits per heavy atom. The molecule has 0 heterocycles. The third kappa shape index (κ3) is 3.65. The molecule has 0 saturated heterocycles. The van der Waals surface area contributed by atoms with E-state index in [1.807, 2.05) is 19.1 Å². The summed E-state index contributed by atoms with van der Waals surface area (Å²) in [4.78, 5) is 0.840. The quantitative estimate of drug-likeness (QED) is 0.867. The lowest BCUT2D eigenvalue weighted by atomic mass is 10.2. The van der Waals surface area contributed by atoms with Gasteiger partial charge in [-0.2, -0.15) is 8.42 Å². The second-order valence-electron chi connectivity index (χ2n) is 3.91. The summed E-state index contributed by atoms with van der Waals surface area (Å²) in [6.45, 7) is 1.95. The number of hydrogen-bond acceptors (Lipinski definition) is 2. The number of benzene rings is 2. The molecule has 6 heteroatoms. The van der Waals surface area contributed by atoms with Crippen molar-refractivity contribution in [2.75, 3.05) is 0 Å². The molecule has 0 N–H and O–H groups in total. The predicted molar refractivity (Wildman–Crippen MR) is 78.7 cm³/mol. The lowest BCUT2D eigenvalue weighted by Crippen LogP contribution is -1.97. The fourth-order valence-corrected chi connectivity index (χ4v) is 4.63. The number of nitrogens with zero attached hydrogens (tertiary/aromatic N) is 1. The molecule has 0 aliphatic heterocycles. The van der Waals surface area contributed by atoms with Gasteiger partial charge in [0.1, 0.15) is 0 Å². The number of rotatable bonds is 3. The van der Waals surface area contributed by atoms with Crippen molar-refractivity contribution in [3.05, 3.63) is 60.2 Å². The summed E-state index contributed by atoms with van der Waals surface area (Å²) in [5.41, 5.74) is 1.09. The average molecular weight is 314 g/mol. The van der Waals surface area contributed by atoms with Crippen LogP contribution in [-0.2, 0) is 19.9 Å². The molecule has 3 nitrogen and oxygen atoms in total. The lowest BCUT2D eigenvalue weighted by molar-refractivity contribution is 0.598. The molecule has 0 aromatic heterocycles. The van der Waals surface area contributed by atoms with E-state index in [1.165, 1.54) is 12.1 Å². The monoisotopic (exact) mass is 313 g/mol. The first kappa shape index (κ1) is 14.2. The van der Waals surface area contributed by atoms with E-state index in [4.69, 9.17) is 10.7 Å². The Morgan fingerprint density at radius 1 is 1.00 bits per heavy atom. The third-order valence-electron chi connectivity index (χ3n) is 2.42. The van der Waals surface area contributed by atoms with E-state index < -0.39 is 19.9 Å². The average Bonchev–Trinajstić information content (AvgIpc) is 2.40. The minimum Gasteiger partial charge on any atom is -0.199 e. The maximum absolute atomic E-state index is 12.0. The highest BCUT2D eigenvalue weighted by Crippen LogP contribution is 2.19. The summed E-state index contributed by atoms with van der Waals surface area (Å²) in [5.74, 6) is 0. The number of halogens is 1. The van der Waals surface area contributed by atoms with Gasteiger partial charge >= 0.3 is 0 Å². The van der Waals surface area contributed by atoms with Crippen molar-refractivity contribution in [3.8, 4) is 0 Å². The molecule has 1 unspecified atom stereocenters. The topological polar surface area (TPSA) is 46.5 Å². The van der Waals surface area contributed by atoms with Gasteiger partial charge in [0.15, 0.2) is 0 Å². The standard InChI is InChI=1S/C13H12ClNO2S2/c1-11-7-9-12(10-8-11)18(14)15-19(16,17)13-5-3-2-4-6-13/h2-10H,1H3. The maximum atomic E-state index is 12.0. The van der Waals surface area contributed by atoms with Crippen molar-refractivity contribution in [2.24, 2.45) is 3.77 Å². The van der Waals surface area contributed by atoms with Crippen molar-refractivity contribution < 1.29 is 8.42 Å². The normalized spacial score (nSPS) is 13.4. The van der Waals surface area contributed by atoms with Crippen LogP contribution in [0.4, 0.5) is 0 Å². The van der Waals surface area contributed by atoms with E-state index in [1.54, 1.807) is 30.3 Å². The molecule has 0 radical (unpaired) electrons. The van der Waals surface area contributed by atoms with Crippen LogP contribution >= 0.6 is 10.7 Å². The number of aryl methyl sites for hydroxylation is 1. The van der Waals surface area contributed by atoms with Crippen LogP contribution in [0.5, 0.6) is 0 Å². The van der Waals surface area contributed by atoms with Gasteiger partial charge in [-0.25, -0.2) is 0 Å². The summed E-state index contributed by atoms with van der Waals surface area (Å²) >= 11 is 0. The summed E-state index contributed by atoms with van der Waals surface area (Å²) in [6, 6.07) is 15.4. The summed E-state index contributed by atoms with van der Waals surface area (Å²) < 4.78 is 27.8. The van der Waals surface area contributed by atoms with Crippen LogP contribution in [0.25, 0.3) is 0 Å². The zero-order chi connectivity index (χ0) is 13.9. The van der Waals surface area contributed by atoms with Crippen molar-refractivity contribution in [2.45, 2.75) is 16.7 Å². The molecule has 0 saturated carbocycles. The van der Waals surface area contributed by atoms with Crippen LogP contribution in [-0.4, -0.2) is 8.42 Å². The first-order chi connectivity index (χ1) is 8.99. The van der Waals surface area contributed by atoms with Crippen molar-refractivity contribution in [3.63, 3.8) is 0 Å². The number of hydrogen-bond donors (Lipinski definition) is 0. The van der Waals surface area contributed by atoms with E-state index >= 15 is 0 Å². The molecule has 100 valence electrons. The summed E-state index contributed by atoms with van der Waals surface area (Å²) in [6.07, 6.45) is 0. The van der Waals surface area contributed by atoms with E-state index in [0.29, 0.717) is 4.90 Å². The summed E-state index contributed by atoms with van der Waals surface area (Å²) in [5, 5.41) is 0. The van der Waals surface area contributed by atoms with Crippen LogP contribution in [0.3, 0.4) is 0 Å². The van der Waals surface area contributed by atoms with E-state index in [0.717, 1.165) is 5.56 Å². The predicted octanol–water partition coefficient (Wildman–Crippen LogP) is 3.70. The molecular weight excluding hydrogens is 302 g/mol. The van der Waals surface area contributed by atoms with Crippen molar-refractivity contribution in [1.82, 2.24) is 0 Å². The smallest absolute Gasteiger partial charge is 0.199 e. The van der Waals surface area contributed by atoms with Gasteiger partial charge in [0.2, 0.25) is 0 Å². The van der Waals surface area contributed by atoms with Gasteiger partial charge in [0.05, 0.1) is 4.90 Å². The van der Waals surface area contributed by atoms with Gasteiger partial charge in [0.25, 0.3) is 10.0 Å². The van der Waals surface area contributed by atoms with Crippen LogP contribution in [0.2, 0.25) is 0 Å². The van der Waals surface area contributed by atoms with Gasteiger partial charge in [0, 0.05) is 14.8 Å². The first-order valence-corrected chi connectivity index (χ1v) is 8.94. The summed E-state index contributed by atoms with van der Waals surface area (Å²) in [7, 11) is 1.16. The van der Waals surface area contributed by atoms with Gasteiger partial charge < -0.3 is 0 Å². The van der Waals surface area contributed by atoms with E-state index in [2.05, 4.69) is 3.77 Å². The molecule has 0 fully saturated rings. The Labute approximate surface area is 119 Å². The van der Waals surface area contributed by atoms with Crippen LogP contribution in [0, 0.1) is 6.92 Å². The Bertz CT molecular complexity index is 695. The molecule has 2 aromatic carbocycles. The van der Waals surface area contributed by atoms with Crippen molar-refractivity contribution >= 4 is 30.6 Å². The fraction of sp³-hybridized carbons (Fsp3) is 0.0769. The second-order valence-corrected chi connectivity index (χ2v) is 7.75. The van der Waals surface area contributed by atoms with Gasteiger partial charge in [-0.3, -0.25) is 0 Å². The largest absolute Gasteiger partial charge is 0.289 e. The maximum Gasteiger partial charge on any atom is 0.289 e. The fourth-order valence-electron chi connectivity index (χ4n) is 1.42. The molecule has 1 atom stereocenters. The zero-order valence-corrected chi connectivity index (χ0v) is 12.5. The Balaban J connectivity index is 2.38. The molecule has 0 spiro atoms. The molecule has 0 aliphatic carbocycles. The third-order valence-corrected chi connectivity index (χ3v) is 6.30. The number of sulfonamides is 1. The first-order valence-electron chi connectivity index (χ1n) is 5.49. The van der Waals surface area contributed by atoms with Gasteiger partial charge in [-0.1, -0.05) is 35.9 Å². The lowest BCUT2D eigenvalue weighted by Gasteiger charge is -2.02. The highest BCUT2D eigenvalue weighted by molar-refractivity contribution is 8.14. The zero-order valence-electron chi connectivity index (χ0n) is 10.2. The van der Waals surface area contributed by atoms with E-state index in [9.17, 15) is 8.42 Å². The minimum atomic E-state index is -3.71. The van der Waals surface area contributed by atoms with E-state index in [-0.39, 0.29) is 4.90 Å². The van der Waals surface area contributed by atoms with Crippen LogP contribution in [0.1, 0.15) is 5.56 Å². The molecule has 2 aromatic rings. The Morgan fingerprint density at radius 3 is 2.16 bits per heavy atom. The molecule has 0 amide bonds. The van der Waals surface area contributed by atoms with Crippen molar-refractivity contribution in [1.29, 1.82) is 0 Å². The highest BCUT2D eigenvalue weighted by atomic mass is 35.7. The SMILES string of the molecule is Cc1ccc(/S(Cl)=N/S(=O)(=O)c2ccccc2)cc1. The molecule has 0 aliphatic rings. The molecule has 19 heavy (non-hydrogen) atoms. The minimum absolute atomic E-state index is 0.153. The Hall–Kier alpha value is -1.17. The molecule has 0 bridgehead atoms. The highest BCUT2D eigenvalue weighted by Gasteiger charge is 2.13. The van der Waals surface area contributed by atoms with Gasteiger partial charge in [-0.15, -0.1) is 3.77 Å². The molecular formula is C13H12ClNO2S2. The van der Waals surface area contributed by atoms with Crippen LogP contribution < -0.4 is 0 Å². The Kier molecular flexibility index (Phi) is 4.39. The second kappa shape index (κ2) is 5.86. The van der Waals surface area contributed by atoms with Crippen LogP contribution in [0.15, 0.2) is 68.2 Å². The molecule has 2 rings (SSSR count).